The molecule has 34 heavy (non-hydrogen) atoms. The highest BCUT2D eigenvalue weighted by molar-refractivity contribution is 6.72. The van der Waals surface area contributed by atoms with E-state index in [0.717, 1.165) is 12.8 Å². The SMILES string of the molecule is C=C(C)C(=O)OCCCO[Si](C)(C)C.C[SiH2]CCC(O[Si](C)(C)C)(O[Si](C)(C)C)O[Si](C)(C)C. The van der Waals surface area contributed by atoms with Crippen molar-refractivity contribution in [2.24, 2.45) is 0 Å². The van der Waals surface area contributed by atoms with Gasteiger partial charge in [0.2, 0.25) is 0 Å². The van der Waals surface area contributed by atoms with Crippen molar-refractivity contribution in [3.05, 3.63) is 12.2 Å². The Balaban J connectivity index is 0. The smallest absolute Gasteiger partial charge is 0.333 e. The summed E-state index contributed by atoms with van der Waals surface area (Å²) in [6.07, 6.45) is 1.65. The minimum atomic E-state index is -1.73. The van der Waals surface area contributed by atoms with E-state index in [-0.39, 0.29) is 15.5 Å². The second kappa shape index (κ2) is 15.4. The number of hydrogen-bond acceptors (Lipinski definition) is 6. The number of ether oxygens (including phenoxy) is 1. The zero-order valence-corrected chi connectivity index (χ0v) is 30.3. The molecule has 0 amide bonds. The summed E-state index contributed by atoms with van der Waals surface area (Å²) >= 11 is 0. The van der Waals surface area contributed by atoms with E-state index in [1.165, 1.54) is 6.04 Å². The van der Waals surface area contributed by atoms with E-state index in [1.54, 1.807) is 6.92 Å². The fraction of sp³-hybridized carbons (Fsp3) is 0.870. The molecule has 6 nitrogen and oxygen atoms in total. The van der Waals surface area contributed by atoms with Gasteiger partial charge in [-0.1, -0.05) is 19.2 Å². The van der Waals surface area contributed by atoms with Crippen molar-refractivity contribution in [1.29, 1.82) is 0 Å². The third-order valence-corrected chi connectivity index (χ3v) is 8.53. The molecule has 0 fully saturated rings. The normalized spacial score (nSPS) is 13.6. The van der Waals surface area contributed by atoms with Crippen molar-refractivity contribution in [3.8, 4) is 0 Å². The molecule has 0 aromatic carbocycles. The minimum Gasteiger partial charge on any atom is -0.462 e. The number of hydrogen-bond donors (Lipinski definition) is 0. The fourth-order valence-electron chi connectivity index (χ4n) is 2.73. The maximum Gasteiger partial charge on any atom is 0.333 e. The Hall–Kier alpha value is 0.134. The number of carbonyl (C=O) groups excluding carboxylic acids is 1. The van der Waals surface area contributed by atoms with Gasteiger partial charge in [-0.15, -0.1) is 0 Å². The van der Waals surface area contributed by atoms with Crippen LogP contribution in [-0.4, -0.2) is 67.9 Å². The zero-order chi connectivity index (χ0) is 27.4. The van der Waals surface area contributed by atoms with Crippen molar-refractivity contribution >= 4 is 48.8 Å². The lowest BCUT2D eigenvalue weighted by Crippen LogP contribution is -2.55. The van der Waals surface area contributed by atoms with Gasteiger partial charge in [-0.25, -0.2) is 4.79 Å². The van der Waals surface area contributed by atoms with E-state index in [9.17, 15) is 4.79 Å². The molecule has 0 atom stereocenters. The second-order valence-corrected chi connectivity index (χ2v) is 32.2. The van der Waals surface area contributed by atoms with Gasteiger partial charge in [0.05, 0.1) is 6.61 Å². The number of rotatable bonds is 15. The summed E-state index contributed by atoms with van der Waals surface area (Å²) in [4.78, 5) is 10.9. The molecule has 0 heterocycles. The molecule has 0 unspecified atom stereocenters. The first-order chi connectivity index (χ1) is 15.0. The van der Waals surface area contributed by atoms with Crippen LogP contribution in [0.5, 0.6) is 0 Å². The van der Waals surface area contributed by atoms with Crippen molar-refractivity contribution < 1.29 is 27.2 Å². The van der Waals surface area contributed by atoms with E-state index in [4.69, 9.17) is 22.4 Å². The molecule has 204 valence electrons. The summed E-state index contributed by atoms with van der Waals surface area (Å²) in [7, 11) is -6.63. The first-order valence-electron chi connectivity index (χ1n) is 12.6. The minimum absolute atomic E-state index is 0.0189. The molecule has 0 aliphatic heterocycles. The monoisotopic (exact) mass is 568 g/mol. The van der Waals surface area contributed by atoms with Crippen LogP contribution in [0.2, 0.25) is 91.2 Å². The van der Waals surface area contributed by atoms with Gasteiger partial charge in [0, 0.05) is 34.5 Å². The van der Waals surface area contributed by atoms with Crippen LogP contribution >= 0.6 is 0 Å². The summed E-state index contributed by atoms with van der Waals surface area (Å²) in [6.45, 7) is 34.9. The first kappa shape index (κ1) is 36.3. The van der Waals surface area contributed by atoms with Crippen molar-refractivity contribution in [2.75, 3.05) is 13.2 Å². The first-order valence-corrected chi connectivity index (χ1v) is 28.6. The molecule has 0 rings (SSSR count). The predicted octanol–water partition coefficient (Wildman–Crippen LogP) is 6.57. The molecule has 0 radical (unpaired) electrons. The van der Waals surface area contributed by atoms with Gasteiger partial charge in [0.1, 0.15) is 0 Å². The van der Waals surface area contributed by atoms with Gasteiger partial charge < -0.3 is 22.4 Å². The Labute approximate surface area is 217 Å². The quantitative estimate of drug-likeness (QED) is 0.0732. The van der Waals surface area contributed by atoms with Crippen LogP contribution in [0.4, 0.5) is 0 Å². The summed E-state index contributed by atoms with van der Waals surface area (Å²) in [6, 6.07) is 1.21. The molecule has 0 aliphatic rings. The summed E-state index contributed by atoms with van der Waals surface area (Å²) in [5.74, 6) is -1.10. The predicted molar refractivity (Wildman–Crippen MR) is 160 cm³/mol. The summed E-state index contributed by atoms with van der Waals surface area (Å²) in [5.41, 5.74) is 0.441. The molecule has 0 saturated heterocycles. The molecule has 0 saturated carbocycles. The molecule has 0 spiro atoms. The highest BCUT2D eigenvalue weighted by Gasteiger charge is 2.44. The lowest BCUT2D eigenvalue weighted by Gasteiger charge is -2.45. The van der Waals surface area contributed by atoms with Gasteiger partial charge in [-0.3, -0.25) is 0 Å². The lowest BCUT2D eigenvalue weighted by molar-refractivity contribution is -0.271. The van der Waals surface area contributed by atoms with Crippen LogP contribution < -0.4 is 0 Å². The Morgan fingerprint density at radius 2 is 1.18 bits per heavy atom. The molecule has 0 aromatic heterocycles. The molecule has 0 aliphatic carbocycles. The molecular weight excluding hydrogens is 513 g/mol. The van der Waals surface area contributed by atoms with Crippen LogP contribution in [0.25, 0.3) is 0 Å². The van der Waals surface area contributed by atoms with Crippen LogP contribution in [0, 0.1) is 0 Å². The van der Waals surface area contributed by atoms with Crippen LogP contribution in [-0.2, 0) is 27.2 Å². The topological polar surface area (TPSA) is 63.2 Å². The maximum atomic E-state index is 10.9. The molecule has 0 N–H and O–H groups in total. The average molecular weight is 569 g/mol. The Kier molecular flexibility index (Phi) is 16.4. The highest BCUT2D eigenvalue weighted by Crippen LogP contribution is 2.33. The van der Waals surface area contributed by atoms with Gasteiger partial charge >= 0.3 is 5.97 Å². The van der Waals surface area contributed by atoms with Crippen molar-refractivity contribution in [2.45, 2.75) is 117 Å². The van der Waals surface area contributed by atoms with Gasteiger partial charge in [0.15, 0.2) is 33.3 Å². The van der Waals surface area contributed by atoms with Gasteiger partial charge in [-0.05, 0) is 85.5 Å². The number of carbonyl (C=O) groups is 1. The highest BCUT2D eigenvalue weighted by atomic mass is 28.4. The Bertz CT molecular complexity index is 560. The van der Waals surface area contributed by atoms with E-state index >= 15 is 0 Å². The summed E-state index contributed by atoms with van der Waals surface area (Å²) in [5, 5.41) is 0. The van der Waals surface area contributed by atoms with E-state index in [1.807, 2.05) is 0 Å². The fourth-order valence-corrected chi connectivity index (χ4v) is 7.88. The van der Waals surface area contributed by atoms with Crippen LogP contribution in [0.3, 0.4) is 0 Å². The summed E-state index contributed by atoms with van der Waals surface area (Å²) < 4.78 is 29.9. The van der Waals surface area contributed by atoms with Gasteiger partial charge in [0.25, 0.3) is 5.97 Å². The Morgan fingerprint density at radius 1 is 0.765 bits per heavy atom. The lowest BCUT2D eigenvalue weighted by atomic mass is 10.4. The van der Waals surface area contributed by atoms with E-state index in [2.05, 4.69) is 91.7 Å². The molecular formula is C23H56O6Si5. The second-order valence-electron chi connectivity index (χ2n) is 12.7. The van der Waals surface area contributed by atoms with Crippen LogP contribution in [0.15, 0.2) is 12.2 Å². The van der Waals surface area contributed by atoms with Crippen molar-refractivity contribution in [3.63, 3.8) is 0 Å². The molecule has 11 heteroatoms. The van der Waals surface area contributed by atoms with Crippen LogP contribution in [0.1, 0.15) is 19.8 Å². The van der Waals surface area contributed by atoms with E-state index in [0.29, 0.717) is 18.8 Å². The third kappa shape index (κ3) is 23.9. The molecule has 0 bridgehead atoms. The standard InChI is InChI=1S/C13H36O3Si4.C10H20O3Si/c1-17-12-11-13(14-18(2,3)4,15-19(5,6)7)16-20(8,9)10;1-9(2)10(11)12-7-6-8-13-14(3,4)5/h11-12,17H2,1-10H3;1,6-8H2,2-5H3. The maximum absolute atomic E-state index is 10.9. The van der Waals surface area contributed by atoms with Gasteiger partial charge in [-0.2, -0.15) is 0 Å². The molecule has 0 aromatic rings. The zero-order valence-electron chi connectivity index (χ0n) is 24.9. The number of esters is 1. The average Bonchev–Trinajstić information content (AvgIpc) is 2.54. The van der Waals surface area contributed by atoms with E-state index < -0.39 is 39.2 Å². The largest absolute Gasteiger partial charge is 0.462 e. The van der Waals surface area contributed by atoms with Crippen molar-refractivity contribution in [1.82, 2.24) is 0 Å². The Morgan fingerprint density at radius 3 is 1.47 bits per heavy atom. The third-order valence-electron chi connectivity index (χ3n) is 3.63.